The Morgan fingerprint density at radius 1 is 1.04 bits per heavy atom. The summed E-state index contributed by atoms with van der Waals surface area (Å²) in [5.41, 5.74) is 0. The van der Waals surface area contributed by atoms with Gasteiger partial charge in [-0.1, -0.05) is 31.0 Å². The summed E-state index contributed by atoms with van der Waals surface area (Å²) in [6.45, 7) is 4.58. The minimum absolute atomic E-state index is 0.0656. The summed E-state index contributed by atoms with van der Waals surface area (Å²) in [6.07, 6.45) is 8.16. The maximum Gasteiger partial charge on any atom is 0.317 e. The summed E-state index contributed by atoms with van der Waals surface area (Å²) >= 11 is 0. The molecule has 142 valence electrons. The highest BCUT2D eigenvalue weighted by Gasteiger charge is 2.33. The van der Waals surface area contributed by atoms with Crippen LogP contribution in [0.5, 0.6) is 5.75 Å². The Morgan fingerprint density at radius 2 is 1.81 bits per heavy atom. The first-order valence-corrected chi connectivity index (χ1v) is 10.3. The van der Waals surface area contributed by atoms with Crippen LogP contribution in [0.15, 0.2) is 30.3 Å². The molecule has 0 spiro atoms. The Morgan fingerprint density at radius 3 is 2.58 bits per heavy atom. The molecule has 5 nitrogen and oxygen atoms in total. The van der Waals surface area contributed by atoms with Gasteiger partial charge in [-0.2, -0.15) is 0 Å². The number of nitrogens with zero attached hydrogens (tertiary/aromatic N) is 2. The Kier molecular flexibility index (Phi) is 5.63. The lowest BCUT2D eigenvalue weighted by molar-refractivity contribution is 0.0433. The van der Waals surface area contributed by atoms with Gasteiger partial charge < -0.3 is 19.9 Å². The normalized spacial score (nSPS) is 25.1. The van der Waals surface area contributed by atoms with Gasteiger partial charge in [-0.05, 0) is 50.3 Å². The Hall–Kier alpha value is -1.75. The SMILES string of the molecule is O=C(NC[C@@H]1CCCN(C2CCCC2)C1)N1CC(Oc2ccccc2)C1. The van der Waals surface area contributed by atoms with Crippen molar-refractivity contribution in [3.05, 3.63) is 30.3 Å². The molecule has 0 aromatic heterocycles. The van der Waals surface area contributed by atoms with Crippen molar-refractivity contribution in [1.82, 2.24) is 15.1 Å². The molecule has 1 aromatic rings. The van der Waals surface area contributed by atoms with E-state index >= 15 is 0 Å². The van der Waals surface area contributed by atoms with Crippen LogP contribution in [-0.4, -0.2) is 60.7 Å². The molecule has 2 heterocycles. The molecule has 1 aromatic carbocycles. The van der Waals surface area contributed by atoms with Crippen LogP contribution < -0.4 is 10.1 Å². The molecule has 1 N–H and O–H groups in total. The Balaban J connectivity index is 1.15. The van der Waals surface area contributed by atoms with Crippen molar-refractivity contribution in [2.24, 2.45) is 5.92 Å². The molecular weight excluding hydrogens is 326 g/mol. The summed E-state index contributed by atoms with van der Waals surface area (Å²) in [5.74, 6) is 1.48. The molecule has 3 fully saturated rings. The van der Waals surface area contributed by atoms with Crippen LogP contribution >= 0.6 is 0 Å². The number of amides is 2. The zero-order valence-corrected chi connectivity index (χ0v) is 15.6. The number of para-hydroxylation sites is 1. The van der Waals surface area contributed by atoms with Gasteiger partial charge in [0.1, 0.15) is 11.9 Å². The molecule has 0 radical (unpaired) electrons. The number of rotatable bonds is 5. The molecule has 2 amide bonds. The van der Waals surface area contributed by atoms with Crippen molar-refractivity contribution in [3.8, 4) is 5.75 Å². The predicted octanol–water partition coefficient (Wildman–Crippen LogP) is 3.11. The van der Waals surface area contributed by atoms with Crippen LogP contribution in [0, 0.1) is 5.92 Å². The number of likely N-dealkylation sites (tertiary alicyclic amines) is 2. The highest BCUT2D eigenvalue weighted by Crippen LogP contribution is 2.27. The molecule has 2 aliphatic heterocycles. The van der Waals surface area contributed by atoms with E-state index in [4.69, 9.17) is 4.74 Å². The minimum atomic E-state index is 0.0656. The number of ether oxygens (including phenoxy) is 1. The topological polar surface area (TPSA) is 44.8 Å². The summed E-state index contributed by atoms with van der Waals surface area (Å²) in [7, 11) is 0. The second-order valence-electron chi connectivity index (χ2n) is 8.09. The zero-order chi connectivity index (χ0) is 17.8. The van der Waals surface area contributed by atoms with E-state index in [0.29, 0.717) is 19.0 Å². The summed E-state index contributed by atoms with van der Waals surface area (Å²) in [4.78, 5) is 16.9. The molecule has 2 saturated heterocycles. The molecule has 3 aliphatic rings. The summed E-state index contributed by atoms with van der Waals surface area (Å²) in [5, 5.41) is 3.15. The largest absolute Gasteiger partial charge is 0.487 e. The van der Waals surface area contributed by atoms with Crippen molar-refractivity contribution in [3.63, 3.8) is 0 Å². The first kappa shape index (κ1) is 17.7. The molecule has 1 atom stereocenters. The molecule has 26 heavy (non-hydrogen) atoms. The van der Waals surface area contributed by atoms with Gasteiger partial charge in [0, 0.05) is 19.1 Å². The van der Waals surface area contributed by atoms with Gasteiger partial charge in [0.2, 0.25) is 0 Å². The lowest BCUT2D eigenvalue weighted by Crippen LogP contribution is -2.59. The Labute approximate surface area is 156 Å². The van der Waals surface area contributed by atoms with Gasteiger partial charge in [0.15, 0.2) is 0 Å². The smallest absolute Gasteiger partial charge is 0.317 e. The summed E-state index contributed by atoms with van der Waals surface area (Å²) in [6, 6.07) is 10.7. The van der Waals surface area contributed by atoms with Crippen molar-refractivity contribution in [2.75, 3.05) is 32.7 Å². The molecule has 0 bridgehead atoms. The van der Waals surface area contributed by atoms with Crippen LogP contribution in [0.2, 0.25) is 0 Å². The number of hydrogen-bond acceptors (Lipinski definition) is 3. The maximum absolute atomic E-state index is 12.3. The Bertz CT molecular complexity index is 582. The van der Waals surface area contributed by atoms with E-state index in [2.05, 4.69) is 10.2 Å². The number of urea groups is 1. The van der Waals surface area contributed by atoms with E-state index in [9.17, 15) is 4.79 Å². The third-order valence-electron chi connectivity index (χ3n) is 6.11. The van der Waals surface area contributed by atoms with E-state index in [1.165, 1.54) is 45.1 Å². The second-order valence-corrected chi connectivity index (χ2v) is 8.09. The van der Waals surface area contributed by atoms with E-state index in [1.54, 1.807) is 0 Å². The van der Waals surface area contributed by atoms with Gasteiger partial charge in [-0.25, -0.2) is 4.79 Å². The van der Waals surface area contributed by atoms with Gasteiger partial charge in [0.05, 0.1) is 13.1 Å². The van der Waals surface area contributed by atoms with Crippen molar-refractivity contribution in [2.45, 2.75) is 50.7 Å². The van der Waals surface area contributed by atoms with Crippen molar-refractivity contribution < 1.29 is 9.53 Å². The van der Waals surface area contributed by atoms with Crippen LogP contribution in [0.25, 0.3) is 0 Å². The highest BCUT2D eigenvalue weighted by atomic mass is 16.5. The van der Waals surface area contributed by atoms with Gasteiger partial charge in [-0.3, -0.25) is 0 Å². The quantitative estimate of drug-likeness (QED) is 0.881. The van der Waals surface area contributed by atoms with Crippen molar-refractivity contribution in [1.29, 1.82) is 0 Å². The van der Waals surface area contributed by atoms with Crippen molar-refractivity contribution >= 4 is 6.03 Å². The number of piperidine rings is 1. The standard InChI is InChI=1S/C21H31N3O2/c25-21(24-15-20(16-24)26-19-10-2-1-3-11-19)22-13-17-7-6-12-23(14-17)18-8-4-5-9-18/h1-3,10-11,17-18,20H,4-9,12-16H2,(H,22,25)/t17-/m0/s1. The molecule has 1 aliphatic carbocycles. The second kappa shape index (κ2) is 8.30. The number of nitrogens with one attached hydrogen (secondary N) is 1. The fraction of sp³-hybridized carbons (Fsp3) is 0.667. The molecular formula is C21H31N3O2. The van der Waals surface area contributed by atoms with E-state index in [0.717, 1.165) is 24.9 Å². The third kappa shape index (κ3) is 4.32. The average Bonchev–Trinajstić information content (AvgIpc) is 3.18. The monoisotopic (exact) mass is 357 g/mol. The molecule has 4 rings (SSSR count). The minimum Gasteiger partial charge on any atom is -0.487 e. The lowest BCUT2D eigenvalue weighted by Gasteiger charge is -2.40. The van der Waals surface area contributed by atoms with Crippen LogP contribution in [0.1, 0.15) is 38.5 Å². The highest BCUT2D eigenvalue weighted by molar-refractivity contribution is 5.75. The number of hydrogen-bond donors (Lipinski definition) is 1. The van der Waals surface area contributed by atoms with E-state index in [-0.39, 0.29) is 12.1 Å². The van der Waals surface area contributed by atoms with Gasteiger partial charge in [0.25, 0.3) is 0 Å². The third-order valence-corrected chi connectivity index (χ3v) is 6.11. The van der Waals surface area contributed by atoms with E-state index < -0.39 is 0 Å². The van der Waals surface area contributed by atoms with Crippen LogP contribution in [-0.2, 0) is 0 Å². The first-order chi connectivity index (χ1) is 12.8. The fourth-order valence-corrected chi connectivity index (χ4v) is 4.58. The van der Waals surface area contributed by atoms with Crippen LogP contribution in [0.3, 0.4) is 0 Å². The first-order valence-electron chi connectivity index (χ1n) is 10.3. The van der Waals surface area contributed by atoms with Gasteiger partial charge in [-0.15, -0.1) is 0 Å². The summed E-state index contributed by atoms with van der Waals surface area (Å²) < 4.78 is 5.87. The number of carbonyl (C=O) groups is 1. The maximum atomic E-state index is 12.3. The molecule has 1 saturated carbocycles. The number of benzene rings is 1. The lowest BCUT2D eigenvalue weighted by atomic mass is 9.96. The van der Waals surface area contributed by atoms with Gasteiger partial charge >= 0.3 is 6.03 Å². The zero-order valence-electron chi connectivity index (χ0n) is 15.6. The number of carbonyl (C=O) groups excluding carboxylic acids is 1. The van der Waals surface area contributed by atoms with Crippen LogP contribution in [0.4, 0.5) is 4.79 Å². The molecule has 0 unspecified atom stereocenters. The molecule has 5 heteroatoms. The predicted molar refractivity (Wildman–Crippen MR) is 102 cm³/mol. The fourth-order valence-electron chi connectivity index (χ4n) is 4.58. The average molecular weight is 357 g/mol. The van der Waals surface area contributed by atoms with E-state index in [1.807, 2.05) is 35.2 Å².